The van der Waals surface area contributed by atoms with E-state index in [9.17, 15) is 0 Å². The van der Waals surface area contributed by atoms with E-state index in [1.54, 1.807) is 18.6 Å². The quantitative estimate of drug-likeness (QED) is 0.821. The summed E-state index contributed by atoms with van der Waals surface area (Å²) in [6, 6.07) is 0.343. The van der Waals surface area contributed by atoms with E-state index in [2.05, 4.69) is 34.1 Å². The van der Waals surface area contributed by atoms with Crippen LogP contribution in [0.3, 0.4) is 0 Å². The van der Waals surface area contributed by atoms with E-state index in [1.165, 1.54) is 6.33 Å². The van der Waals surface area contributed by atoms with Crippen molar-refractivity contribution < 1.29 is 0 Å². The van der Waals surface area contributed by atoms with Crippen LogP contribution in [-0.4, -0.2) is 25.6 Å². The Morgan fingerprint density at radius 2 is 2.00 bits per heavy atom. The summed E-state index contributed by atoms with van der Waals surface area (Å²) >= 11 is 0. The molecule has 2 rings (SSSR count). The summed E-state index contributed by atoms with van der Waals surface area (Å²) in [6.45, 7) is 4.14. The molecule has 78 valence electrons. The Kier molecular flexibility index (Phi) is 2.62. The third kappa shape index (κ3) is 2.12. The molecule has 5 heteroatoms. The van der Waals surface area contributed by atoms with Crippen LogP contribution < -0.4 is 5.32 Å². The van der Waals surface area contributed by atoms with Gasteiger partial charge in [0.2, 0.25) is 5.95 Å². The summed E-state index contributed by atoms with van der Waals surface area (Å²) in [6.07, 6.45) is 8.64. The van der Waals surface area contributed by atoms with E-state index in [0.29, 0.717) is 6.04 Å². The Morgan fingerprint density at radius 1 is 1.27 bits per heavy atom. The lowest BCUT2D eigenvalue weighted by molar-refractivity contribution is 0.861. The molecule has 5 nitrogen and oxygen atoms in total. The second-order valence-electron chi connectivity index (χ2n) is 3.52. The van der Waals surface area contributed by atoms with Crippen molar-refractivity contribution in [3.05, 3.63) is 31.1 Å². The van der Waals surface area contributed by atoms with Crippen LogP contribution in [0.1, 0.15) is 13.8 Å². The molecule has 0 aliphatic heterocycles. The van der Waals surface area contributed by atoms with E-state index in [-0.39, 0.29) is 0 Å². The molecule has 15 heavy (non-hydrogen) atoms. The van der Waals surface area contributed by atoms with Crippen molar-refractivity contribution in [2.45, 2.75) is 19.9 Å². The molecule has 0 saturated heterocycles. The number of anilines is 1. The summed E-state index contributed by atoms with van der Waals surface area (Å²) in [5.41, 5.74) is 0.901. The van der Waals surface area contributed by atoms with Gasteiger partial charge in [0, 0.05) is 18.4 Å². The van der Waals surface area contributed by atoms with Crippen LogP contribution in [0.2, 0.25) is 0 Å². The maximum atomic E-state index is 4.23. The van der Waals surface area contributed by atoms with Gasteiger partial charge in [0.05, 0.1) is 18.1 Å². The Bertz CT molecular complexity index is 420. The van der Waals surface area contributed by atoms with Gasteiger partial charge in [-0.1, -0.05) is 0 Å². The highest BCUT2D eigenvalue weighted by Gasteiger charge is 2.05. The van der Waals surface area contributed by atoms with Crippen molar-refractivity contribution in [1.29, 1.82) is 0 Å². The second kappa shape index (κ2) is 4.08. The maximum Gasteiger partial charge on any atom is 0.207 e. The molecule has 0 fully saturated rings. The lowest BCUT2D eigenvalue weighted by atomic mass is 10.4. The summed E-state index contributed by atoms with van der Waals surface area (Å²) in [4.78, 5) is 12.2. The van der Waals surface area contributed by atoms with Crippen LogP contribution >= 0.6 is 0 Å². The van der Waals surface area contributed by atoms with Gasteiger partial charge >= 0.3 is 0 Å². The van der Waals surface area contributed by atoms with E-state index in [4.69, 9.17) is 0 Å². The largest absolute Gasteiger partial charge is 0.353 e. The third-order valence-electron chi connectivity index (χ3n) is 1.88. The van der Waals surface area contributed by atoms with Gasteiger partial charge in [-0.25, -0.2) is 15.0 Å². The number of nitrogens with one attached hydrogen (secondary N) is 1. The monoisotopic (exact) mass is 203 g/mol. The number of aromatic nitrogens is 4. The third-order valence-corrected chi connectivity index (χ3v) is 1.88. The molecule has 2 aromatic heterocycles. The minimum atomic E-state index is 0.343. The second-order valence-corrected chi connectivity index (χ2v) is 3.52. The molecule has 1 N–H and O–H groups in total. The van der Waals surface area contributed by atoms with Gasteiger partial charge in [0.15, 0.2) is 0 Å². The first-order valence-electron chi connectivity index (χ1n) is 4.82. The molecule has 0 radical (unpaired) electrons. The molecule has 2 heterocycles. The molecular weight excluding hydrogens is 190 g/mol. The standard InChI is InChI=1S/C10H13N5/c1-8(2)14-10-13-3-4-15(10)9-5-11-7-12-6-9/h3-8H,1-2H3,(H,13,14). The first-order valence-corrected chi connectivity index (χ1v) is 4.82. The molecule has 0 bridgehead atoms. The molecule has 0 unspecified atom stereocenters. The normalized spacial score (nSPS) is 10.6. The van der Waals surface area contributed by atoms with E-state index in [0.717, 1.165) is 11.6 Å². The number of hydrogen-bond donors (Lipinski definition) is 1. The minimum Gasteiger partial charge on any atom is -0.353 e. The maximum absolute atomic E-state index is 4.23. The highest BCUT2D eigenvalue weighted by Crippen LogP contribution is 2.12. The molecule has 0 atom stereocenters. The lowest BCUT2D eigenvalue weighted by Gasteiger charge is -2.11. The highest BCUT2D eigenvalue weighted by atomic mass is 15.2. The van der Waals surface area contributed by atoms with Crippen molar-refractivity contribution >= 4 is 5.95 Å². The summed E-state index contributed by atoms with van der Waals surface area (Å²) in [7, 11) is 0. The first-order chi connectivity index (χ1) is 7.27. The number of imidazole rings is 1. The number of hydrogen-bond acceptors (Lipinski definition) is 4. The molecule has 0 amide bonds. The zero-order valence-corrected chi connectivity index (χ0v) is 8.75. The smallest absolute Gasteiger partial charge is 0.207 e. The molecule has 2 aromatic rings. The van der Waals surface area contributed by atoms with Crippen LogP contribution in [0.25, 0.3) is 5.69 Å². The van der Waals surface area contributed by atoms with E-state index in [1.807, 2.05) is 10.8 Å². The predicted octanol–water partition coefficient (Wildman–Crippen LogP) is 1.48. The van der Waals surface area contributed by atoms with E-state index >= 15 is 0 Å². The fourth-order valence-electron chi connectivity index (χ4n) is 1.29. The zero-order valence-electron chi connectivity index (χ0n) is 8.75. The van der Waals surface area contributed by atoms with Gasteiger partial charge in [-0.15, -0.1) is 0 Å². The first kappa shape index (κ1) is 9.64. The fraction of sp³-hybridized carbons (Fsp3) is 0.300. The average molecular weight is 203 g/mol. The Hall–Kier alpha value is -1.91. The lowest BCUT2D eigenvalue weighted by Crippen LogP contribution is -2.14. The summed E-state index contributed by atoms with van der Waals surface area (Å²) in [5.74, 6) is 0.805. The van der Waals surface area contributed by atoms with Crippen molar-refractivity contribution in [1.82, 2.24) is 19.5 Å². The molecule has 0 saturated carbocycles. The van der Waals surface area contributed by atoms with Gasteiger partial charge in [-0.05, 0) is 13.8 Å². The van der Waals surface area contributed by atoms with Gasteiger partial charge < -0.3 is 5.32 Å². The zero-order chi connectivity index (χ0) is 10.7. The van der Waals surface area contributed by atoms with Crippen LogP contribution in [-0.2, 0) is 0 Å². The SMILES string of the molecule is CC(C)Nc1nccn1-c1cncnc1. The highest BCUT2D eigenvalue weighted by molar-refractivity contribution is 5.39. The van der Waals surface area contributed by atoms with Gasteiger partial charge in [-0.3, -0.25) is 4.57 Å². The number of rotatable bonds is 3. The molecule has 0 aromatic carbocycles. The fourth-order valence-corrected chi connectivity index (χ4v) is 1.29. The summed E-state index contributed by atoms with van der Waals surface area (Å²) in [5, 5.41) is 3.25. The Labute approximate surface area is 88.2 Å². The van der Waals surface area contributed by atoms with Crippen LogP contribution in [0.15, 0.2) is 31.1 Å². The van der Waals surface area contributed by atoms with Gasteiger partial charge in [0.1, 0.15) is 6.33 Å². The van der Waals surface area contributed by atoms with Crippen LogP contribution in [0, 0.1) is 0 Å². The van der Waals surface area contributed by atoms with Crippen molar-refractivity contribution in [2.75, 3.05) is 5.32 Å². The predicted molar refractivity (Wildman–Crippen MR) is 57.9 cm³/mol. The minimum absolute atomic E-state index is 0.343. The van der Waals surface area contributed by atoms with Crippen molar-refractivity contribution in [2.24, 2.45) is 0 Å². The Morgan fingerprint density at radius 3 is 2.67 bits per heavy atom. The van der Waals surface area contributed by atoms with E-state index < -0.39 is 0 Å². The molecular formula is C10H13N5. The summed E-state index contributed by atoms with van der Waals surface area (Å²) < 4.78 is 1.92. The average Bonchev–Trinajstić information content (AvgIpc) is 2.66. The Balaban J connectivity index is 2.33. The van der Waals surface area contributed by atoms with Crippen molar-refractivity contribution in [3.63, 3.8) is 0 Å². The van der Waals surface area contributed by atoms with Gasteiger partial charge in [-0.2, -0.15) is 0 Å². The van der Waals surface area contributed by atoms with Gasteiger partial charge in [0.25, 0.3) is 0 Å². The van der Waals surface area contributed by atoms with Crippen molar-refractivity contribution in [3.8, 4) is 5.69 Å². The topological polar surface area (TPSA) is 55.6 Å². The number of nitrogens with zero attached hydrogens (tertiary/aromatic N) is 4. The van der Waals surface area contributed by atoms with Crippen LogP contribution in [0.4, 0.5) is 5.95 Å². The molecule has 0 aliphatic carbocycles. The molecule has 0 spiro atoms. The molecule has 0 aliphatic rings. The van der Waals surface area contributed by atoms with Crippen LogP contribution in [0.5, 0.6) is 0 Å².